The van der Waals surface area contributed by atoms with Crippen LogP contribution in [0.4, 0.5) is 17.3 Å². The van der Waals surface area contributed by atoms with E-state index in [1.54, 1.807) is 46.4 Å². The minimum absolute atomic E-state index is 0.0103. The lowest BCUT2D eigenvalue weighted by atomic mass is 9.71. The van der Waals surface area contributed by atoms with E-state index < -0.39 is 22.0 Å². The van der Waals surface area contributed by atoms with Crippen LogP contribution in [0.15, 0.2) is 63.1 Å². The number of hydrogen-bond acceptors (Lipinski definition) is 10. The average Bonchev–Trinajstić information content (AvgIpc) is 3.42. The lowest BCUT2D eigenvalue weighted by molar-refractivity contribution is -0.135. The molecule has 1 spiro atoms. The third-order valence-corrected chi connectivity index (χ3v) is 14.0. The van der Waals surface area contributed by atoms with Gasteiger partial charge in [0.1, 0.15) is 16.7 Å². The number of pyridine rings is 1. The number of anilines is 3. The molecule has 3 fully saturated rings. The molecule has 8 rings (SSSR count). The summed E-state index contributed by atoms with van der Waals surface area (Å²) >= 11 is 6.17. The SMILES string of the molecule is Cc1cc(S(=O)(=O)N2CCC3(CCN(c4cccc5c4n(C)c(=O)n5C4CCC(=O)NC4=O)CC3)CC2)ccc1Nc1ncc2cc(Cl)c(=O)n(C(C)C)c2n1. The number of nitrogens with one attached hydrogen (secondary N) is 2. The molecule has 1 atom stereocenters. The zero-order chi connectivity index (χ0) is 39.7. The molecule has 2 N–H and O–H groups in total. The Morgan fingerprint density at radius 2 is 1.70 bits per heavy atom. The average molecular weight is 802 g/mol. The van der Waals surface area contributed by atoms with E-state index in [0.717, 1.165) is 50.0 Å². The lowest BCUT2D eigenvalue weighted by Gasteiger charge is -2.47. The molecule has 3 aliphatic rings. The second-order valence-electron chi connectivity index (χ2n) is 15.5. The Bertz CT molecular complexity index is 2650. The summed E-state index contributed by atoms with van der Waals surface area (Å²) in [6.45, 7) is 7.93. The molecule has 6 heterocycles. The van der Waals surface area contributed by atoms with Crippen LogP contribution < -0.4 is 26.8 Å². The number of para-hydroxylation sites is 1. The van der Waals surface area contributed by atoms with Gasteiger partial charge in [-0.2, -0.15) is 9.29 Å². The van der Waals surface area contributed by atoms with Crippen molar-refractivity contribution in [1.29, 1.82) is 0 Å². The van der Waals surface area contributed by atoms with E-state index in [9.17, 15) is 27.6 Å². The number of sulfonamides is 1. The molecule has 0 bridgehead atoms. The van der Waals surface area contributed by atoms with Gasteiger partial charge in [-0.05, 0) is 100 Å². The second kappa shape index (κ2) is 14.2. The monoisotopic (exact) mass is 801 g/mol. The number of fused-ring (bicyclic) bond motifs is 2. The Balaban J connectivity index is 0.937. The van der Waals surface area contributed by atoms with Crippen molar-refractivity contribution in [3.8, 4) is 0 Å². The number of halogens is 1. The van der Waals surface area contributed by atoms with E-state index >= 15 is 0 Å². The van der Waals surface area contributed by atoms with Crippen LogP contribution in [0.3, 0.4) is 0 Å². The summed E-state index contributed by atoms with van der Waals surface area (Å²) in [7, 11) is -2.04. The molecule has 5 aromatic rings. The molecule has 2 amide bonds. The first kappa shape index (κ1) is 37.8. The van der Waals surface area contributed by atoms with Gasteiger partial charge in [0.05, 0.1) is 21.6 Å². The normalized spacial score (nSPS) is 19.3. The van der Waals surface area contributed by atoms with Crippen LogP contribution in [0.2, 0.25) is 5.02 Å². The third-order valence-electron chi connectivity index (χ3n) is 11.9. The molecule has 1 unspecified atom stereocenters. The number of carbonyl (C=O) groups is 2. The van der Waals surface area contributed by atoms with Crippen LogP contribution >= 0.6 is 11.6 Å². The predicted molar refractivity (Wildman–Crippen MR) is 214 cm³/mol. The topological polar surface area (TPSA) is 174 Å². The largest absolute Gasteiger partial charge is 0.370 e. The van der Waals surface area contributed by atoms with Gasteiger partial charge >= 0.3 is 5.69 Å². The maximum absolute atomic E-state index is 13.9. The Kier molecular flexibility index (Phi) is 9.56. The summed E-state index contributed by atoms with van der Waals surface area (Å²) in [5.41, 5.74) is 3.51. The Morgan fingerprint density at radius 1 is 0.982 bits per heavy atom. The number of imide groups is 1. The first-order valence-corrected chi connectivity index (χ1v) is 20.7. The Morgan fingerprint density at radius 3 is 2.38 bits per heavy atom. The van der Waals surface area contributed by atoms with Gasteiger partial charge in [0.15, 0.2) is 0 Å². The third kappa shape index (κ3) is 6.46. The highest BCUT2D eigenvalue weighted by atomic mass is 35.5. The van der Waals surface area contributed by atoms with E-state index in [-0.39, 0.29) is 57.3 Å². The molecule has 3 saturated heterocycles. The van der Waals surface area contributed by atoms with Crippen LogP contribution in [0.1, 0.15) is 70.0 Å². The molecule has 56 heavy (non-hydrogen) atoms. The summed E-state index contributed by atoms with van der Waals surface area (Å²) in [4.78, 5) is 62.2. The van der Waals surface area contributed by atoms with Gasteiger partial charge in [0.2, 0.25) is 27.8 Å². The number of rotatable bonds is 7. The number of aromatic nitrogens is 5. The fraction of sp³-hybridized carbons (Fsp3) is 0.436. The number of benzene rings is 2. The molecule has 15 nitrogen and oxygen atoms in total. The highest BCUT2D eigenvalue weighted by Crippen LogP contribution is 2.44. The molecule has 3 aromatic heterocycles. The van der Waals surface area contributed by atoms with Crippen LogP contribution in [-0.2, 0) is 26.7 Å². The fourth-order valence-corrected chi connectivity index (χ4v) is 10.4. The van der Waals surface area contributed by atoms with Crippen molar-refractivity contribution in [2.45, 2.75) is 76.3 Å². The molecule has 2 aromatic carbocycles. The summed E-state index contributed by atoms with van der Waals surface area (Å²) in [6.07, 6.45) is 5.32. The molecule has 0 aliphatic carbocycles. The molecular formula is C39H44ClN9O6S. The molecule has 294 valence electrons. The molecule has 0 radical (unpaired) electrons. The van der Waals surface area contributed by atoms with Crippen LogP contribution in [0, 0.1) is 12.3 Å². The van der Waals surface area contributed by atoms with Gasteiger partial charge in [-0.25, -0.2) is 18.2 Å². The Hall–Kier alpha value is -5.06. The maximum atomic E-state index is 13.9. The van der Waals surface area contributed by atoms with Crippen LogP contribution in [0.5, 0.6) is 0 Å². The first-order valence-electron chi connectivity index (χ1n) is 18.9. The van der Waals surface area contributed by atoms with Crippen LogP contribution in [0.25, 0.3) is 22.1 Å². The van der Waals surface area contributed by atoms with Crippen molar-refractivity contribution >= 4 is 72.8 Å². The quantitative estimate of drug-likeness (QED) is 0.218. The minimum atomic E-state index is -3.75. The van der Waals surface area contributed by atoms with E-state index in [0.29, 0.717) is 40.9 Å². The molecule has 3 aliphatic heterocycles. The highest BCUT2D eigenvalue weighted by Gasteiger charge is 2.41. The van der Waals surface area contributed by atoms with Crippen molar-refractivity contribution < 1.29 is 18.0 Å². The zero-order valence-electron chi connectivity index (χ0n) is 31.7. The van der Waals surface area contributed by atoms with Gasteiger partial charge in [-0.1, -0.05) is 17.7 Å². The van der Waals surface area contributed by atoms with Crippen molar-refractivity contribution in [2.24, 2.45) is 12.5 Å². The molecule has 0 saturated carbocycles. The lowest BCUT2D eigenvalue weighted by Crippen LogP contribution is -2.48. The van der Waals surface area contributed by atoms with Gasteiger partial charge in [0.25, 0.3) is 5.56 Å². The molecular weight excluding hydrogens is 758 g/mol. The number of nitrogens with zero attached hydrogens (tertiary/aromatic N) is 7. The van der Waals surface area contributed by atoms with Crippen LogP contribution in [-0.4, -0.2) is 74.4 Å². The summed E-state index contributed by atoms with van der Waals surface area (Å²) in [5.74, 6) is -0.518. The minimum Gasteiger partial charge on any atom is -0.370 e. The van der Waals surface area contributed by atoms with E-state index in [4.69, 9.17) is 11.6 Å². The highest BCUT2D eigenvalue weighted by molar-refractivity contribution is 7.89. The Labute approximate surface area is 328 Å². The van der Waals surface area contributed by atoms with Gasteiger partial charge in [0, 0.05) is 63.0 Å². The number of imidazole rings is 1. The van der Waals surface area contributed by atoms with E-state index in [2.05, 4.69) is 25.5 Å². The summed E-state index contributed by atoms with van der Waals surface area (Å²) in [6, 6.07) is 11.3. The smallest absolute Gasteiger partial charge is 0.329 e. The number of hydrogen-bond donors (Lipinski definition) is 2. The molecule has 17 heteroatoms. The predicted octanol–water partition coefficient (Wildman–Crippen LogP) is 4.78. The number of amides is 2. The van der Waals surface area contributed by atoms with Gasteiger partial charge in [-0.15, -0.1) is 0 Å². The first-order chi connectivity index (χ1) is 26.7. The number of aryl methyl sites for hydroxylation is 2. The van der Waals surface area contributed by atoms with Crippen molar-refractivity contribution in [3.05, 3.63) is 80.1 Å². The number of carbonyl (C=O) groups excluding carboxylic acids is 2. The van der Waals surface area contributed by atoms with Crippen molar-refractivity contribution in [1.82, 2.24) is 33.3 Å². The van der Waals surface area contributed by atoms with Crippen molar-refractivity contribution in [3.63, 3.8) is 0 Å². The summed E-state index contributed by atoms with van der Waals surface area (Å²) in [5, 5.41) is 6.28. The summed E-state index contributed by atoms with van der Waals surface area (Å²) < 4.78 is 34.0. The van der Waals surface area contributed by atoms with E-state index in [1.165, 1.54) is 9.13 Å². The van der Waals surface area contributed by atoms with Gasteiger partial charge in [-0.3, -0.25) is 33.4 Å². The van der Waals surface area contributed by atoms with Gasteiger partial charge < -0.3 is 10.2 Å². The van der Waals surface area contributed by atoms with E-state index in [1.807, 2.05) is 39.0 Å². The van der Waals surface area contributed by atoms with Crippen molar-refractivity contribution in [2.75, 3.05) is 36.4 Å². The zero-order valence-corrected chi connectivity index (χ0v) is 33.3. The standard InChI is InChI=1S/C39H44ClN9O6S/c1-23(2)48-34-25(21-27(40)36(48)52)22-41-37(44-34)42-28-9-8-26(20-24(28)3)56(54,55)47-18-14-39(15-19-47)12-16-46(17-13-39)29-6-5-7-30-33(29)45(4)38(53)49(30)31-10-11-32(50)43-35(31)51/h5-9,20-23,31H,10-19H2,1-4H3,(H,41,42,44)(H,43,50,51). The number of piperidine rings is 3. The maximum Gasteiger partial charge on any atom is 0.329 e. The second-order valence-corrected chi connectivity index (χ2v) is 17.9. The fourth-order valence-electron chi connectivity index (χ4n) is 8.66.